The molecule has 0 saturated carbocycles. The van der Waals surface area contributed by atoms with Crippen molar-refractivity contribution in [2.45, 2.75) is 19.4 Å². The number of piperidine rings is 1. The van der Waals surface area contributed by atoms with E-state index in [-0.39, 0.29) is 36.4 Å². The van der Waals surface area contributed by atoms with Gasteiger partial charge in [0.05, 0.1) is 24.2 Å². The minimum absolute atomic E-state index is 0. The summed E-state index contributed by atoms with van der Waals surface area (Å²) in [6.45, 7) is 1.02. The van der Waals surface area contributed by atoms with E-state index in [4.69, 9.17) is 5.26 Å². The third-order valence-electron chi connectivity index (χ3n) is 5.26. The third-order valence-corrected chi connectivity index (χ3v) is 5.26. The van der Waals surface area contributed by atoms with E-state index < -0.39 is 0 Å². The van der Waals surface area contributed by atoms with Gasteiger partial charge >= 0.3 is 0 Å². The van der Waals surface area contributed by atoms with Gasteiger partial charge in [-0.3, -0.25) is 9.59 Å². The number of nitrogens with zero attached hydrogens (tertiary/aromatic N) is 4. The summed E-state index contributed by atoms with van der Waals surface area (Å²) in [5.41, 5.74) is 2.96. The van der Waals surface area contributed by atoms with Crippen molar-refractivity contribution in [1.82, 2.24) is 9.55 Å². The van der Waals surface area contributed by atoms with Gasteiger partial charge in [-0.25, -0.2) is 4.98 Å². The van der Waals surface area contributed by atoms with Crippen molar-refractivity contribution in [3.63, 3.8) is 0 Å². The molecule has 1 amide bonds. The number of anilines is 1. The summed E-state index contributed by atoms with van der Waals surface area (Å²) >= 11 is 0. The summed E-state index contributed by atoms with van der Waals surface area (Å²) < 4.78 is 1.80. The van der Waals surface area contributed by atoms with Crippen LogP contribution < -0.4 is 4.90 Å². The van der Waals surface area contributed by atoms with Gasteiger partial charge in [0, 0.05) is 31.1 Å². The first-order valence-corrected chi connectivity index (χ1v) is 9.54. The minimum atomic E-state index is -0.334. The van der Waals surface area contributed by atoms with Crippen molar-refractivity contribution in [3.05, 3.63) is 83.9 Å². The Balaban J connectivity index is 0.00000256. The SMILES string of the molecule is Cl.N#Cc1ccc(Cn2cncc2C(=O)C2CCN(c3ccccc3)C(=O)C2)cc1. The van der Waals surface area contributed by atoms with E-state index in [0.717, 1.165) is 11.3 Å². The number of halogens is 1. The first-order valence-electron chi connectivity index (χ1n) is 9.54. The second kappa shape index (κ2) is 9.38. The van der Waals surface area contributed by atoms with Gasteiger partial charge in [0.2, 0.25) is 5.91 Å². The highest BCUT2D eigenvalue weighted by Gasteiger charge is 2.32. The zero-order valence-electron chi connectivity index (χ0n) is 16.3. The minimum Gasteiger partial charge on any atom is -0.324 e. The van der Waals surface area contributed by atoms with Gasteiger partial charge in [-0.05, 0) is 36.2 Å². The van der Waals surface area contributed by atoms with Crippen LogP contribution in [0.4, 0.5) is 5.69 Å². The Morgan fingerprint density at radius 2 is 1.87 bits per heavy atom. The van der Waals surface area contributed by atoms with Gasteiger partial charge in [-0.2, -0.15) is 5.26 Å². The quantitative estimate of drug-likeness (QED) is 0.587. The molecule has 0 spiro atoms. The van der Waals surface area contributed by atoms with Crippen molar-refractivity contribution in [1.29, 1.82) is 5.26 Å². The van der Waals surface area contributed by atoms with Gasteiger partial charge in [-0.15, -0.1) is 12.4 Å². The monoisotopic (exact) mass is 420 g/mol. The maximum atomic E-state index is 13.1. The standard InChI is InChI=1S/C23H20N4O2.ClH/c24-13-17-6-8-18(9-7-17)15-26-16-25-14-21(26)23(29)19-10-11-27(22(28)12-19)20-4-2-1-3-5-20;/h1-9,14,16,19H,10-12,15H2;1H. The predicted octanol–water partition coefficient (Wildman–Crippen LogP) is 3.85. The van der Waals surface area contributed by atoms with Crippen LogP contribution in [0.15, 0.2) is 67.1 Å². The molecular weight excluding hydrogens is 400 g/mol. The normalized spacial score (nSPS) is 15.9. The third kappa shape index (κ3) is 4.42. The summed E-state index contributed by atoms with van der Waals surface area (Å²) in [7, 11) is 0. The first kappa shape index (κ1) is 21.3. The van der Waals surface area contributed by atoms with E-state index in [0.29, 0.717) is 30.8 Å². The molecule has 2 aromatic carbocycles. The topological polar surface area (TPSA) is 79.0 Å². The molecule has 1 saturated heterocycles. The molecule has 1 aliphatic heterocycles. The number of hydrogen-bond acceptors (Lipinski definition) is 4. The number of nitriles is 1. The predicted molar refractivity (Wildman–Crippen MR) is 116 cm³/mol. The number of aromatic nitrogens is 2. The maximum Gasteiger partial charge on any atom is 0.227 e. The molecule has 0 aliphatic carbocycles. The smallest absolute Gasteiger partial charge is 0.227 e. The van der Waals surface area contributed by atoms with Crippen LogP contribution >= 0.6 is 12.4 Å². The Morgan fingerprint density at radius 1 is 1.13 bits per heavy atom. The van der Waals surface area contributed by atoms with Crippen LogP contribution in [0.1, 0.15) is 34.5 Å². The fraction of sp³-hybridized carbons (Fsp3) is 0.217. The Morgan fingerprint density at radius 3 is 2.53 bits per heavy atom. The molecule has 1 unspecified atom stereocenters. The number of imidazole rings is 1. The van der Waals surface area contributed by atoms with Crippen LogP contribution in [0.2, 0.25) is 0 Å². The van der Waals surface area contributed by atoms with Crippen LogP contribution in [-0.4, -0.2) is 27.8 Å². The van der Waals surface area contributed by atoms with E-state index in [1.54, 1.807) is 34.1 Å². The van der Waals surface area contributed by atoms with Gasteiger partial charge < -0.3 is 9.47 Å². The lowest BCUT2D eigenvalue weighted by Crippen LogP contribution is -2.41. The van der Waals surface area contributed by atoms with E-state index in [1.807, 2.05) is 42.5 Å². The van der Waals surface area contributed by atoms with Gasteiger partial charge in [0.25, 0.3) is 0 Å². The summed E-state index contributed by atoms with van der Waals surface area (Å²) in [4.78, 5) is 31.6. The molecule has 1 fully saturated rings. The molecule has 30 heavy (non-hydrogen) atoms. The van der Waals surface area contributed by atoms with Gasteiger partial charge in [-0.1, -0.05) is 30.3 Å². The highest BCUT2D eigenvalue weighted by atomic mass is 35.5. The summed E-state index contributed by atoms with van der Waals surface area (Å²) in [6, 6.07) is 18.9. The van der Waals surface area contributed by atoms with E-state index in [9.17, 15) is 9.59 Å². The molecular formula is C23H21ClN4O2. The molecule has 0 bridgehead atoms. The van der Waals surface area contributed by atoms with Gasteiger partial charge in [0.1, 0.15) is 5.69 Å². The molecule has 0 N–H and O–H groups in total. The Bertz CT molecular complexity index is 1070. The zero-order chi connectivity index (χ0) is 20.2. The van der Waals surface area contributed by atoms with Gasteiger partial charge in [0.15, 0.2) is 5.78 Å². The maximum absolute atomic E-state index is 13.1. The summed E-state index contributed by atoms with van der Waals surface area (Å²) in [5, 5.41) is 8.92. The fourth-order valence-electron chi connectivity index (χ4n) is 3.68. The molecule has 4 rings (SSSR count). The lowest BCUT2D eigenvalue weighted by molar-refractivity contribution is -0.120. The van der Waals surface area contributed by atoms with Crippen LogP contribution in [0.5, 0.6) is 0 Å². The van der Waals surface area contributed by atoms with E-state index in [1.165, 1.54) is 0 Å². The van der Waals surface area contributed by atoms with Crippen LogP contribution in [-0.2, 0) is 11.3 Å². The Kier molecular flexibility index (Phi) is 6.65. The largest absolute Gasteiger partial charge is 0.324 e. The number of carbonyl (C=O) groups is 2. The van der Waals surface area contributed by atoms with Crippen molar-refractivity contribution in [3.8, 4) is 6.07 Å². The number of para-hydroxylation sites is 1. The van der Waals surface area contributed by atoms with Crippen molar-refractivity contribution in [2.24, 2.45) is 5.92 Å². The number of amides is 1. The molecule has 7 heteroatoms. The molecule has 2 heterocycles. The van der Waals surface area contributed by atoms with Crippen molar-refractivity contribution in [2.75, 3.05) is 11.4 Å². The number of carbonyl (C=O) groups excluding carboxylic acids is 2. The molecule has 1 aliphatic rings. The van der Waals surface area contributed by atoms with Crippen molar-refractivity contribution >= 4 is 29.8 Å². The summed E-state index contributed by atoms with van der Waals surface area (Å²) in [6.07, 6.45) is 4.03. The molecule has 1 aromatic heterocycles. The molecule has 152 valence electrons. The summed E-state index contributed by atoms with van der Waals surface area (Å²) in [5.74, 6) is -0.407. The van der Waals surface area contributed by atoms with Crippen LogP contribution in [0, 0.1) is 17.2 Å². The zero-order valence-corrected chi connectivity index (χ0v) is 17.1. The number of Topliss-reactive ketones (excluding diaryl/α,β-unsaturated/α-hetero) is 1. The lowest BCUT2D eigenvalue weighted by atomic mass is 9.90. The first-order chi connectivity index (χ1) is 14.2. The average molecular weight is 421 g/mol. The van der Waals surface area contributed by atoms with E-state index in [2.05, 4.69) is 11.1 Å². The molecule has 0 radical (unpaired) electrons. The highest BCUT2D eigenvalue weighted by Crippen LogP contribution is 2.27. The lowest BCUT2D eigenvalue weighted by Gasteiger charge is -2.31. The number of benzene rings is 2. The molecule has 3 aromatic rings. The second-order valence-electron chi connectivity index (χ2n) is 7.15. The number of hydrogen-bond donors (Lipinski definition) is 0. The number of ketones is 1. The Labute approximate surface area is 181 Å². The average Bonchev–Trinajstić information content (AvgIpc) is 3.22. The van der Waals surface area contributed by atoms with E-state index >= 15 is 0 Å². The fourth-order valence-corrected chi connectivity index (χ4v) is 3.68. The van der Waals surface area contributed by atoms with Crippen LogP contribution in [0.3, 0.4) is 0 Å². The molecule has 1 atom stereocenters. The Hall–Kier alpha value is -3.43. The second-order valence-corrected chi connectivity index (χ2v) is 7.15. The number of rotatable bonds is 5. The van der Waals surface area contributed by atoms with Crippen molar-refractivity contribution < 1.29 is 9.59 Å². The highest BCUT2D eigenvalue weighted by molar-refractivity contribution is 6.02. The molecule has 6 nitrogen and oxygen atoms in total. The van der Waals surface area contributed by atoms with Crippen LogP contribution in [0.25, 0.3) is 0 Å².